The standard InChI is InChI=1S/C23H29N3OSi/c1-23(2,3)28(5,6)27-13-12-26-16-21(17-8-7-9-18(24)14-17)20-15-19(25-4)10-11-22(20)26/h7-11,14-16H,12-13,24H2,1-3,5-6H3. The lowest BCUT2D eigenvalue weighted by Crippen LogP contribution is -2.41. The lowest BCUT2D eigenvalue weighted by atomic mass is 10.0. The van der Waals surface area contributed by atoms with E-state index in [4.69, 9.17) is 16.7 Å². The maximum atomic E-state index is 7.36. The number of hydrogen-bond donors (Lipinski definition) is 1. The quantitative estimate of drug-likeness (QED) is 0.308. The molecule has 0 atom stereocenters. The molecule has 3 aromatic rings. The molecule has 0 bridgehead atoms. The first-order valence-corrected chi connectivity index (χ1v) is 12.5. The van der Waals surface area contributed by atoms with Gasteiger partial charge in [-0.1, -0.05) is 39.0 Å². The Morgan fingerprint density at radius 2 is 1.89 bits per heavy atom. The Bertz CT molecular complexity index is 1040. The summed E-state index contributed by atoms with van der Waals surface area (Å²) in [7, 11) is -1.78. The zero-order valence-corrected chi connectivity index (χ0v) is 18.4. The second kappa shape index (κ2) is 7.46. The highest BCUT2D eigenvalue weighted by molar-refractivity contribution is 6.74. The van der Waals surface area contributed by atoms with Gasteiger partial charge in [0.2, 0.25) is 0 Å². The fourth-order valence-electron chi connectivity index (χ4n) is 3.09. The molecule has 0 unspecified atom stereocenters. The Labute approximate surface area is 168 Å². The van der Waals surface area contributed by atoms with Gasteiger partial charge in [0.05, 0.1) is 13.2 Å². The van der Waals surface area contributed by atoms with Crippen molar-refractivity contribution in [3.63, 3.8) is 0 Å². The molecule has 0 aliphatic heterocycles. The van der Waals surface area contributed by atoms with Crippen molar-refractivity contribution in [2.75, 3.05) is 12.3 Å². The van der Waals surface area contributed by atoms with Crippen LogP contribution in [0.5, 0.6) is 0 Å². The van der Waals surface area contributed by atoms with Crippen LogP contribution in [0.4, 0.5) is 11.4 Å². The number of nitrogens with two attached hydrogens (primary N) is 1. The van der Waals surface area contributed by atoms with Crippen LogP contribution in [0.25, 0.3) is 26.9 Å². The second-order valence-corrected chi connectivity index (χ2v) is 13.6. The third kappa shape index (κ3) is 3.99. The normalized spacial score (nSPS) is 12.3. The van der Waals surface area contributed by atoms with Crippen LogP contribution >= 0.6 is 0 Å². The summed E-state index contributed by atoms with van der Waals surface area (Å²) >= 11 is 0. The number of anilines is 1. The zero-order chi connectivity index (χ0) is 20.5. The molecule has 0 amide bonds. The molecule has 1 aromatic heterocycles. The highest BCUT2D eigenvalue weighted by Crippen LogP contribution is 2.37. The van der Waals surface area contributed by atoms with E-state index in [-0.39, 0.29) is 5.04 Å². The molecule has 28 heavy (non-hydrogen) atoms. The van der Waals surface area contributed by atoms with E-state index < -0.39 is 8.32 Å². The second-order valence-electron chi connectivity index (χ2n) is 8.78. The number of hydrogen-bond acceptors (Lipinski definition) is 2. The van der Waals surface area contributed by atoms with Gasteiger partial charge in [0.15, 0.2) is 14.0 Å². The van der Waals surface area contributed by atoms with Gasteiger partial charge in [0, 0.05) is 29.5 Å². The van der Waals surface area contributed by atoms with Gasteiger partial charge in [-0.15, -0.1) is 0 Å². The van der Waals surface area contributed by atoms with E-state index in [1.54, 1.807) is 0 Å². The highest BCUT2D eigenvalue weighted by Gasteiger charge is 2.36. The molecule has 0 spiro atoms. The fraction of sp³-hybridized carbons (Fsp3) is 0.348. The van der Waals surface area contributed by atoms with Crippen LogP contribution in [0.3, 0.4) is 0 Å². The number of aromatic nitrogens is 1. The number of rotatable bonds is 5. The van der Waals surface area contributed by atoms with Crippen molar-refractivity contribution in [3.8, 4) is 11.1 Å². The number of nitrogen functional groups attached to an aromatic ring is 1. The van der Waals surface area contributed by atoms with Crippen LogP contribution in [-0.4, -0.2) is 19.5 Å². The minimum absolute atomic E-state index is 0.197. The van der Waals surface area contributed by atoms with Crippen molar-refractivity contribution in [2.24, 2.45) is 0 Å². The van der Waals surface area contributed by atoms with E-state index in [9.17, 15) is 0 Å². The van der Waals surface area contributed by atoms with E-state index in [1.807, 2.05) is 36.4 Å². The van der Waals surface area contributed by atoms with Gasteiger partial charge in [-0.25, -0.2) is 4.85 Å². The highest BCUT2D eigenvalue weighted by atomic mass is 28.4. The largest absolute Gasteiger partial charge is 0.415 e. The van der Waals surface area contributed by atoms with Crippen molar-refractivity contribution in [1.82, 2.24) is 4.57 Å². The van der Waals surface area contributed by atoms with E-state index in [0.717, 1.165) is 34.3 Å². The van der Waals surface area contributed by atoms with Crippen molar-refractivity contribution in [2.45, 2.75) is 45.4 Å². The summed E-state index contributed by atoms with van der Waals surface area (Å²) in [5.41, 5.74) is 10.7. The Hall–Kier alpha value is -2.55. The summed E-state index contributed by atoms with van der Waals surface area (Å²) in [6, 6.07) is 13.8. The van der Waals surface area contributed by atoms with Crippen LogP contribution < -0.4 is 5.73 Å². The first-order chi connectivity index (χ1) is 13.1. The van der Waals surface area contributed by atoms with Gasteiger partial charge in [0.1, 0.15) is 0 Å². The van der Waals surface area contributed by atoms with Crippen molar-refractivity contribution in [3.05, 3.63) is 60.1 Å². The zero-order valence-electron chi connectivity index (χ0n) is 17.4. The maximum Gasteiger partial charge on any atom is 0.192 e. The average Bonchev–Trinajstić information content (AvgIpc) is 2.98. The first kappa shape index (κ1) is 20.2. The summed E-state index contributed by atoms with van der Waals surface area (Å²) in [5, 5.41) is 1.27. The van der Waals surface area contributed by atoms with Gasteiger partial charge < -0.3 is 14.7 Å². The predicted octanol–water partition coefficient (Wildman–Crippen LogP) is 6.46. The maximum absolute atomic E-state index is 7.36. The smallest absolute Gasteiger partial charge is 0.192 e. The number of benzene rings is 2. The van der Waals surface area contributed by atoms with E-state index >= 15 is 0 Å². The van der Waals surface area contributed by atoms with Crippen molar-refractivity contribution < 1.29 is 4.43 Å². The summed E-state index contributed by atoms with van der Waals surface area (Å²) in [5.74, 6) is 0. The Morgan fingerprint density at radius 1 is 1.14 bits per heavy atom. The van der Waals surface area contributed by atoms with Crippen molar-refractivity contribution in [1.29, 1.82) is 0 Å². The molecule has 0 radical (unpaired) electrons. The molecule has 146 valence electrons. The molecule has 4 nitrogen and oxygen atoms in total. The molecule has 0 saturated heterocycles. The first-order valence-electron chi connectivity index (χ1n) is 9.62. The lowest BCUT2D eigenvalue weighted by molar-refractivity contribution is 0.273. The fourth-order valence-corrected chi connectivity index (χ4v) is 4.13. The third-order valence-electron chi connectivity index (χ3n) is 5.79. The van der Waals surface area contributed by atoms with E-state index in [2.05, 4.69) is 55.5 Å². The summed E-state index contributed by atoms with van der Waals surface area (Å²) in [6.45, 7) is 20.1. The average molecular weight is 392 g/mol. The van der Waals surface area contributed by atoms with Gasteiger partial charge in [0.25, 0.3) is 0 Å². The molecular formula is C23H29N3OSi. The summed E-state index contributed by atoms with van der Waals surface area (Å²) in [6.07, 6.45) is 2.15. The molecular weight excluding hydrogens is 362 g/mol. The van der Waals surface area contributed by atoms with Gasteiger partial charge >= 0.3 is 0 Å². The topological polar surface area (TPSA) is 44.5 Å². The molecule has 2 aromatic carbocycles. The molecule has 0 aliphatic rings. The Morgan fingerprint density at radius 3 is 2.54 bits per heavy atom. The molecule has 5 heteroatoms. The lowest BCUT2D eigenvalue weighted by Gasteiger charge is -2.36. The minimum atomic E-state index is -1.78. The molecule has 0 aliphatic carbocycles. The summed E-state index contributed by atoms with van der Waals surface area (Å²) in [4.78, 5) is 3.60. The van der Waals surface area contributed by atoms with Gasteiger partial charge in [-0.3, -0.25) is 0 Å². The molecule has 1 heterocycles. The number of nitrogens with zero attached hydrogens (tertiary/aromatic N) is 2. The molecule has 0 fully saturated rings. The predicted molar refractivity (Wildman–Crippen MR) is 121 cm³/mol. The Balaban J connectivity index is 1.96. The van der Waals surface area contributed by atoms with Crippen LogP contribution in [0, 0.1) is 6.57 Å². The van der Waals surface area contributed by atoms with Gasteiger partial charge in [-0.2, -0.15) is 0 Å². The van der Waals surface area contributed by atoms with Crippen LogP contribution in [0.15, 0.2) is 48.7 Å². The van der Waals surface area contributed by atoms with E-state index in [0.29, 0.717) is 12.3 Å². The van der Waals surface area contributed by atoms with Crippen LogP contribution in [0.1, 0.15) is 20.8 Å². The minimum Gasteiger partial charge on any atom is -0.415 e. The van der Waals surface area contributed by atoms with E-state index in [1.165, 1.54) is 0 Å². The summed E-state index contributed by atoms with van der Waals surface area (Å²) < 4.78 is 8.61. The molecule has 3 rings (SSSR count). The van der Waals surface area contributed by atoms with Crippen LogP contribution in [0.2, 0.25) is 18.1 Å². The molecule has 0 saturated carbocycles. The number of fused-ring (bicyclic) bond motifs is 1. The van der Waals surface area contributed by atoms with Crippen molar-refractivity contribution >= 4 is 30.6 Å². The van der Waals surface area contributed by atoms with Crippen LogP contribution in [-0.2, 0) is 11.0 Å². The molecule has 2 N–H and O–H groups in total. The monoisotopic (exact) mass is 391 g/mol. The Kier molecular flexibility index (Phi) is 5.38. The van der Waals surface area contributed by atoms with Gasteiger partial charge in [-0.05, 0) is 53.3 Å². The third-order valence-corrected chi connectivity index (χ3v) is 10.3. The SMILES string of the molecule is [C-]#[N+]c1ccc2c(c1)c(-c1cccc(N)c1)cn2CCO[Si](C)(C)C(C)(C)C.